The van der Waals surface area contributed by atoms with Gasteiger partial charge in [0.15, 0.2) is 28.3 Å². The minimum Gasteiger partial charge on any atom is -0.454 e. The van der Waals surface area contributed by atoms with Gasteiger partial charge in [-0.1, -0.05) is 60.2 Å². The summed E-state index contributed by atoms with van der Waals surface area (Å²) in [6, 6.07) is 16.0. The van der Waals surface area contributed by atoms with Crippen molar-refractivity contribution in [2.45, 2.75) is 30.8 Å². The molecule has 5 rings (SSSR count). The van der Waals surface area contributed by atoms with Gasteiger partial charge in [-0.25, -0.2) is 0 Å². The molecular weight excluding hydrogens is 402 g/mol. The second kappa shape index (κ2) is 8.19. The molecule has 0 saturated heterocycles. The fourth-order valence-electron chi connectivity index (χ4n) is 3.18. The van der Waals surface area contributed by atoms with E-state index in [1.165, 1.54) is 11.8 Å². The SMILES string of the molecule is CCc1nc(CSc2nnc(-c3ccccc3)n2Cc2ccc3c(c2)OCO3)no1. The van der Waals surface area contributed by atoms with Crippen LogP contribution >= 0.6 is 11.8 Å². The predicted octanol–water partition coefficient (Wildman–Crippen LogP) is 3.96. The second-order valence-corrected chi connectivity index (χ2v) is 7.64. The summed E-state index contributed by atoms with van der Waals surface area (Å²) < 4.78 is 18.2. The molecule has 0 radical (unpaired) electrons. The summed E-state index contributed by atoms with van der Waals surface area (Å²) in [7, 11) is 0. The molecule has 2 aromatic carbocycles. The van der Waals surface area contributed by atoms with Crippen LogP contribution in [0.4, 0.5) is 0 Å². The van der Waals surface area contributed by atoms with Gasteiger partial charge in [-0.15, -0.1) is 10.2 Å². The normalized spacial score (nSPS) is 12.4. The molecule has 1 aliphatic heterocycles. The Hall–Kier alpha value is -3.33. The van der Waals surface area contributed by atoms with E-state index in [1.54, 1.807) is 0 Å². The van der Waals surface area contributed by atoms with Crippen molar-refractivity contribution >= 4 is 11.8 Å². The van der Waals surface area contributed by atoms with Gasteiger partial charge in [-0.05, 0) is 17.7 Å². The Morgan fingerprint density at radius 1 is 1.03 bits per heavy atom. The summed E-state index contributed by atoms with van der Waals surface area (Å²) in [5.74, 6) is 4.17. The molecule has 0 N–H and O–H groups in total. The second-order valence-electron chi connectivity index (χ2n) is 6.69. The Labute approximate surface area is 177 Å². The number of ether oxygens (including phenoxy) is 2. The van der Waals surface area contributed by atoms with Crippen molar-refractivity contribution in [3.05, 3.63) is 65.8 Å². The molecule has 0 fully saturated rings. The summed E-state index contributed by atoms with van der Waals surface area (Å²) in [6.45, 7) is 2.84. The zero-order valence-corrected chi connectivity index (χ0v) is 17.1. The third-order valence-corrected chi connectivity index (χ3v) is 5.63. The van der Waals surface area contributed by atoms with Crippen molar-refractivity contribution in [2.24, 2.45) is 0 Å². The van der Waals surface area contributed by atoms with Gasteiger partial charge in [0.2, 0.25) is 12.7 Å². The van der Waals surface area contributed by atoms with Crippen LogP contribution in [0.3, 0.4) is 0 Å². The molecule has 9 heteroatoms. The molecule has 152 valence electrons. The molecule has 0 unspecified atom stereocenters. The molecule has 4 aromatic rings. The molecule has 30 heavy (non-hydrogen) atoms. The fraction of sp³-hybridized carbons (Fsp3) is 0.238. The highest BCUT2D eigenvalue weighted by Crippen LogP contribution is 2.34. The minimum atomic E-state index is 0.256. The molecule has 3 heterocycles. The Morgan fingerprint density at radius 3 is 2.73 bits per heavy atom. The molecule has 0 bridgehead atoms. The third kappa shape index (κ3) is 3.76. The van der Waals surface area contributed by atoms with Crippen molar-refractivity contribution in [3.8, 4) is 22.9 Å². The van der Waals surface area contributed by atoms with E-state index in [0.717, 1.165) is 40.0 Å². The lowest BCUT2D eigenvalue weighted by molar-refractivity contribution is 0.174. The van der Waals surface area contributed by atoms with Crippen LogP contribution in [-0.4, -0.2) is 31.7 Å². The lowest BCUT2D eigenvalue weighted by Gasteiger charge is -2.11. The molecule has 1 aliphatic rings. The number of hydrogen-bond donors (Lipinski definition) is 0. The molecule has 0 amide bonds. The van der Waals surface area contributed by atoms with Crippen LogP contribution < -0.4 is 9.47 Å². The van der Waals surface area contributed by atoms with E-state index in [2.05, 4.69) is 24.9 Å². The highest BCUT2D eigenvalue weighted by atomic mass is 32.2. The van der Waals surface area contributed by atoms with Gasteiger partial charge in [0, 0.05) is 12.0 Å². The molecule has 2 aromatic heterocycles. The number of rotatable bonds is 7. The van der Waals surface area contributed by atoms with E-state index >= 15 is 0 Å². The van der Waals surface area contributed by atoms with Crippen LogP contribution in [0.25, 0.3) is 11.4 Å². The number of aryl methyl sites for hydroxylation is 1. The van der Waals surface area contributed by atoms with Crippen LogP contribution in [0.2, 0.25) is 0 Å². The van der Waals surface area contributed by atoms with E-state index < -0.39 is 0 Å². The van der Waals surface area contributed by atoms with Gasteiger partial charge < -0.3 is 14.0 Å². The number of benzene rings is 2. The summed E-state index contributed by atoms with van der Waals surface area (Å²) in [5.41, 5.74) is 2.08. The molecule has 0 aliphatic carbocycles. The zero-order valence-electron chi connectivity index (χ0n) is 16.3. The lowest BCUT2D eigenvalue weighted by Crippen LogP contribution is -2.04. The highest BCUT2D eigenvalue weighted by Gasteiger charge is 2.18. The Bertz CT molecular complexity index is 1160. The maximum Gasteiger partial charge on any atom is 0.231 e. The van der Waals surface area contributed by atoms with Gasteiger partial charge in [-0.3, -0.25) is 4.57 Å². The number of aromatic nitrogens is 5. The fourth-order valence-corrected chi connectivity index (χ4v) is 3.96. The van der Waals surface area contributed by atoms with Crippen molar-refractivity contribution in [1.29, 1.82) is 0 Å². The van der Waals surface area contributed by atoms with Crippen molar-refractivity contribution in [2.75, 3.05) is 6.79 Å². The molecule has 0 atom stereocenters. The predicted molar refractivity (Wildman–Crippen MR) is 110 cm³/mol. The van der Waals surface area contributed by atoms with E-state index in [4.69, 9.17) is 14.0 Å². The quantitative estimate of drug-likeness (QED) is 0.414. The number of hydrogen-bond acceptors (Lipinski definition) is 8. The van der Waals surface area contributed by atoms with Gasteiger partial charge in [-0.2, -0.15) is 4.98 Å². The van der Waals surface area contributed by atoms with Crippen molar-refractivity contribution < 1.29 is 14.0 Å². The Balaban J connectivity index is 1.45. The summed E-state index contributed by atoms with van der Waals surface area (Å²) >= 11 is 1.53. The molecule has 0 spiro atoms. The van der Waals surface area contributed by atoms with Gasteiger partial charge in [0.25, 0.3) is 0 Å². The summed E-state index contributed by atoms with van der Waals surface area (Å²) in [5, 5.41) is 13.7. The van der Waals surface area contributed by atoms with Crippen LogP contribution in [0.1, 0.15) is 24.2 Å². The maximum absolute atomic E-state index is 5.53. The smallest absolute Gasteiger partial charge is 0.231 e. The first-order chi connectivity index (χ1) is 14.8. The van der Waals surface area contributed by atoms with Crippen molar-refractivity contribution in [3.63, 3.8) is 0 Å². The lowest BCUT2D eigenvalue weighted by atomic mass is 10.2. The van der Waals surface area contributed by atoms with Crippen molar-refractivity contribution in [1.82, 2.24) is 24.9 Å². The largest absolute Gasteiger partial charge is 0.454 e. The van der Waals surface area contributed by atoms with Crippen LogP contribution in [0.15, 0.2) is 58.2 Å². The first-order valence-corrected chi connectivity index (χ1v) is 10.6. The van der Waals surface area contributed by atoms with Gasteiger partial charge in [0.1, 0.15) is 0 Å². The first kappa shape index (κ1) is 18.7. The maximum atomic E-state index is 5.53. The summed E-state index contributed by atoms with van der Waals surface area (Å²) in [6.07, 6.45) is 0.718. The number of thioether (sulfide) groups is 1. The summed E-state index contributed by atoms with van der Waals surface area (Å²) in [4.78, 5) is 4.38. The van der Waals surface area contributed by atoms with Gasteiger partial charge in [0.05, 0.1) is 12.3 Å². The Kier molecular flexibility index (Phi) is 5.10. The molecular formula is C21H19N5O3S. The highest BCUT2D eigenvalue weighted by molar-refractivity contribution is 7.98. The molecule has 0 saturated carbocycles. The van der Waals surface area contributed by atoms with Gasteiger partial charge >= 0.3 is 0 Å². The average Bonchev–Trinajstić information content (AvgIpc) is 3.52. The van der Waals surface area contributed by atoms with E-state index in [1.807, 2.05) is 55.5 Å². The van der Waals surface area contributed by atoms with E-state index in [-0.39, 0.29) is 6.79 Å². The van der Waals surface area contributed by atoms with Crippen LogP contribution in [0.5, 0.6) is 11.5 Å². The minimum absolute atomic E-state index is 0.256. The van der Waals surface area contributed by atoms with Crippen LogP contribution in [-0.2, 0) is 18.7 Å². The zero-order chi connectivity index (χ0) is 20.3. The van der Waals surface area contributed by atoms with Crippen LogP contribution in [0, 0.1) is 0 Å². The average molecular weight is 421 g/mol. The number of nitrogens with zero attached hydrogens (tertiary/aromatic N) is 5. The first-order valence-electron chi connectivity index (χ1n) is 9.61. The third-order valence-electron chi connectivity index (χ3n) is 4.67. The Morgan fingerprint density at radius 2 is 1.90 bits per heavy atom. The van der Waals surface area contributed by atoms with E-state index in [9.17, 15) is 0 Å². The standard InChI is InChI=1S/C21H19N5O3S/c1-2-19-22-18(25-29-19)12-30-21-24-23-20(15-6-4-3-5-7-15)26(21)11-14-8-9-16-17(10-14)28-13-27-16/h3-10H,2,11-13H2,1H3. The van der Waals surface area contributed by atoms with E-state index in [0.29, 0.717) is 24.0 Å². The number of fused-ring (bicyclic) bond motifs is 1. The topological polar surface area (TPSA) is 88.1 Å². The molecule has 8 nitrogen and oxygen atoms in total. The monoisotopic (exact) mass is 421 g/mol.